The second-order valence-electron chi connectivity index (χ2n) is 10.4. The van der Waals surface area contributed by atoms with Crippen LogP contribution in [0, 0.1) is 0 Å². The van der Waals surface area contributed by atoms with E-state index in [2.05, 4.69) is 117 Å². The van der Waals surface area contributed by atoms with E-state index in [0.29, 0.717) is 0 Å². The Labute approximate surface area is 246 Å². The summed E-state index contributed by atoms with van der Waals surface area (Å²) in [5, 5.41) is 2.30. The molecule has 0 saturated heterocycles. The molecule has 5 heteroatoms. The number of nitrogens with zero attached hydrogens (tertiary/aromatic N) is 3. The summed E-state index contributed by atoms with van der Waals surface area (Å²) in [5.41, 5.74) is 6.69. The third-order valence-electron chi connectivity index (χ3n) is 7.94. The fraction of sp³-hybridized carbons (Fsp3) is 0.429. The first-order chi connectivity index (χ1) is 19.5. The molecule has 1 aliphatic heterocycles. The van der Waals surface area contributed by atoms with Gasteiger partial charge in [-0.05, 0) is 64.3 Å². The Bertz CT molecular complexity index is 1480. The van der Waals surface area contributed by atoms with E-state index in [0.717, 1.165) is 91.4 Å². The second kappa shape index (κ2) is 13.9. The quantitative estimate of drug-likeness (QED) is 0.100. The molecule has 0 radical (unpaired) electrons. The van der Waals surface area contributed by atoms with Crippen LogP contribution in [0.2, 0.25) is 0 Å². The van der Waals surface area contributed by atoms with Gasteiger partial charge in [-0.2, -0.15) is 0 Å². The van der Waals surface area contributed by atoms with Gasteiger partial charge in [0.05, 0.1) is 6.07 Å². The Morgan fingerprint density at radius 1 is 0.800 bits per heavy atom. The third-order valence-corrected chi connectivity index (χ3v) is 8.41. The molecular weight excluding hydrogens is 510 g/mol. The summed E-state index contributed by atoms with van der Waals surface area (Å²) in [7, 11) is 0. The van der Waals surface area contributed by atoms with Crippen LogP contribution in [-0.2, 0) is 0 Å². The van der Waals surface area contributed by atoms with Crippen molar-refractivity contribution in [2.75, 3.05) is 44.2 Å². The lowest BCUT2D eigenvalue weighted by Crippen LogP contribution is -2.32. The van der Waals surface area contributed by atoms with Gasteiger partial charge in [-0.15, -0.1) is 0 Å². The molecule has 1 aliphatic carbocycles. The summed E-state index contributed by atoms with van der Waals surface area (Å²) in [5.74, 6) is 0.903. The largest absolute Gasteiger partial charge is 0.456 e. The zero-order chi connectivity index (χ0) is 28.6. The van der Waals surface area contributed by atoms with Crippen LogP contribution in [-0.4, -0.2) is 49.2 Å². The minimum atomic E-state index is 0.903. The van der Waals surface area contributed by atoms with Crippen LogP contribution >= 0.6 is 12.2 Å². The van der Waals surface area contributed by atoms with E-state index in [4.69, 9.17) is 16.6 Å². The summed E-state index contributed by atoms with van der Waals surface area (Å²) in [6.45, 7) is 19.1. The molecule has 0 aromatic heterocycles. The number of unbranched alkanes of at least 4 members (excludes halogenated alkanes) is 1. The molecule has 40 heavy (non-hydrogen) atoms. The van der Waals surface area contributed by atoms with Crippen LogP contribution in [0.4, 0.5) is 5.69 Å². The van der Waals surface area contributed by atoms with E-state index in [1.807, 2.05) is 0 Å². The molecule has 2 aromatic rings. The SMILES string of the molecule is CCCCN(CCC)C(=S)c1ccccc1-c1c2ccc(=[N+](CC)CC)cc-2oc2cc(N(CC)CC)ccc12. The highest BCUT2D eigenvalue weighted by atomic mass is 32.1. The molecule has 0 unspecified atom stereocenters. The van der Waals surface area contributed by atoms with E-state index < -0.39 is 0 Å². The van der Waals surface area contributed by atoms with E-state index in [1.54, 1.807) is 0 Å². The van der Waals surface area contributed by atoms with Crippen molar-refractivity contribution in [3.8, 4) is 22.5 Å². The standard InChI is InChI=1S/C35H46N3OS/c1-7-13-23-38(22-8-2)35(40)29-17-15-14-16-28(29)34-30-20-18-26(36(9-3)10-4)24-32(30)39-33-25-27(19-21-31(33)34)37(11-5)12-6/h14-21,24-25H,7-13,22-23H2,1-6H3/q+1. The van der Waals surface area contributed by atoms with Crippen molar-refractivity contribution in [1.82, 2.24) is 9.48 Å². The Balaban J connectivity index is 2.03. The van der Waals surface area contributed by atoms with E-state index in [-0.39, 0.29) is 0 Å². The minimum Gasteiger partial charge on any atom is -0.456 e. The fourth-order valence-corrected chi connectivity index (χ4v) is 6.08. The highest BCUT2D eigenvalue weighted by molar-refractivity contribution is 7.80. The zero-order valence-electron chi connectivity index (χ0n) is 25.3. The van der Waals surface area contributed by atoms with Gasteiger partial charge < -0.3 is 14.2 Å². The van der Waals surface area contributed by atoms with Crippen molar-refractivity contribution < 1.29 is 4.42 Å². The monoisotopic (exact) mass is 556 g/mol. The van der Waals surface area contributed by atoms with Crippen LogP contribution < -0.4 is 14.8 Å². The molecule has 212 valence electrons. The lowest BCUT2D eigenvalue weighted by Gasteiger charge is -2.27. The lowest BCUT2D eigenvalue weighted by atomic mass is 9.90. The molecule has 0 atom stereocenters. The Morgan fingerprint density at radius 2 is 1.55 bits per heavy atom. The first-order valence-corrected chi connectivity index (χ1v) is 15.6. The summed E-state index contributed by atoms with van der Waals surface area (Å²) >= 11 is 6.22. The predicted octanol–water partition coefficient (Wildman–Crippen LogP) is 8.05. The molecule has 2 aromatic carbocycles. The van der Waals surface area contributed by atoms with Crippen molar-refractivity contribution in [2.24, 2.45) is 0 Å². The van der Waals surface area contributed by atoms with Crippen molar-refractivity contribution in [3.63, 3.8) is 0 Å². The average Bonchev–Trinajstić information content (AvgIpc) is 2.99. The van der Waals surface area contributed by atoms with Gasteiger partial charge in [0, 0.05) is 66.1 Å². The molecule has 0 saturated carbocycles. The second-order valence-corrected chi connectivity index (χ2v) is 10.8. The molecule has 0 bridgehead atoms. The average molecular weight is 557 g/mol. The summed E-state index contributed by atoms with van der Waals surface area (Å²) in [4.78, 5) is 5.70. The van der Waals surface area contributed by atoms with Gasteiger partial charge in [0.1, 0.15) is 29.4 Å². The maximum Gasteiger partial charge on any atom is 0.203 e. The Hall–Kier alpha value is -3.18. The number of anilines is 1. The number of hydrogen-bond acceptors (Lipinski definition) is 3. The molecule has 0 N–H and O–H groups in total. The van der Waals surface area contributed by atoms with Crippen molar-refractivity contribution >= 4 is 33.9 Å². The Kier molecular flexibility index (Phi) is 10.4. The number of benzene rings is 3. The third kappa shape index (κ3) is 6.10. The molecule has 1 heterocycles. The normalized spacial score (nSPS) is 11.2. The van der Waals surface area contributed by atoms with Crippen LogP contribution in [0.5, 0.6) is 0 Å². The van der Waals surface area contributed by atoms with Gasteiger partial charge >= 0.3 is 0 Å². The van der Waals surface area contributed by atoms with Crippen molar-refractivity contribution in [3.05, 3.63) is 71.6 Å². The van der Waals surface area contributed by atoms with E-state index >= 15 is 0 Å². The van der Waals surface area contributed by atoms with Gasteiger partial charge in [0.2, 0.25) is 5.36 Å². The van der Waals surface area contributed by atoms with Crippen LogP contribution in [0.15, 0.2) is 65.1 Å². The molecule has 0 spiro atoms. The van der Waals surface area contributed by atoms with Gasteiger partial charge in [0.25, 0.3) is 0 Å². The molecule has 4 nitrogen and oxygen atoms in total. The zero-order valence-corrected chi connectivity index (χ0v) is 26.1. The topological polar surface area (TPSA) is 22.6 Å². The lowest BCUT2D eigenvalue weighted by molar-refractivity contribution is 0.414. The predicted molar refractivity (Wildman–Crippen MR) is 177 cm³/mol. The van der Waals surface area contributed by atoms with Crippen molar-refractivity contribution in [1.29, 1.82) is 0 Å². The minimum absolute atomic E-state index is 0.903. The van der Waals surface area contributed by atoms with Crippen LogP contribution in [0.1, 0.15) is 66.4 Å². The molecule has 2 aliphatic rings. The number of fused-ring (bicyclic) bond motifs is 2. The van der Waals surface area contributed by atoms with E-state index in [1.165, 1.54) is 22.2 Å². The summed E-state index contributed by atoms with van der Waals surface area (Å²) in [6.07, 6.45) is 3.37. The maximum atomic E-state index is 6.71. The van der Waals surface area contributed by atoms with Gasteiger partial charge in [0.15, 0.2) is 0 Å². The first kappa shape index (κ1) is 29.8. The highest BCUT2D eigenvalue weighted by Crippen LogP contribution is 2.42. The number of thiocarbonyl (C=S) groups is 1. The smallest absolute Gasteiger partial charge is 0.203 e. The van der Waals surface area contributed by atoms with E-state index in [9.17, 15) is 0 Å². The summed E-state index contributed by atoms with van der Waals surface area (Å²) < 4.78 is 9.08. The number of hydrogen-bond donors (Lipinski definition) is 0. The molecular formula is C35H46N3OS+. The van der Waals surface area contributed by atoms with Gasteiger partial charge in [-0.1, -0.05) is 56.8 Å². The first-order valence-electron chi connectivity index (χ1n) is 15.2. The van der Waals surface area contributed by atoms with Gasteiger partial charge in [-0.3, -0.25) is 0 Å². The highest BCUT2D eigenvalue weighted by Gasteiger charge is 2.23. The molecule has 0 amide bonds. The molecule has 4 rings (SSSR count). The fourth-order valence-electron chi connectivity index (χ4n) is 5.72. The molecule has 0 fully saturated rings. The Morgan fingerprint density at radius 3 is 2.23 bits per heavy atom. The summed E-state index contributed by atoms with van der Waals surface area (Å²) in [6, 6.07) is 22.0. The van der Waals surface area contributed by atoms with Gasteiger partial charge in [-0.25, -0.2) is 4.58 Å². The number of rotatable bonds is 12. The maximum absolute atomic E-state index is 6.71. The van der Waals surface area contributed by atoms with Crippen LogP contribution in [0.3, 0.4) is 0 Å². The van der Waals surface area contributed by atoms with Crippen molar-refractivity contribution in [2.45, 2.75) is 60.8 Å². The van der Waals surface area contributed by atoms with Crippen LogP contribution in [0.25, 0.3) is 33.4 Å².